The molecule has 0 spiro atoms. The molecule has 0 N–H and O–H groups in total. The summed E-state index contributed by atoms with van der Waals surface area (Å²) in [6, 6.07) is 84.7. The van der Waals surface area contributed by atoms with Crippen molar-refractivity contribution in [3.8, 4) is 33.4 Å². The summed E-state index contributed by atoms with van der Waals surface area (Å²) in [6.07, 6.45) is 15.0. The Hall–Kier alpha value is -7.68. The zero-order valence-corrected chi connectivity index (χ0v) is 46.7. The summed E-state index contributed by atoms with van der Waals surface area (Å²) in [6.45, 7) is 10.3. The van der Waals surface area contributed by atoms with Crippen molar-refractivity contribution in [2.75, 3.05) is 9.80 Å². The first kappa shape index (κ1) is 48.4. The van der Waals surface area contributed by atoms with Crippen LogP contribution in [0.2, 0.25) is 0 Å². The molecule has 0 amide bonds. The molecule has 0 aromatic heterocycles. The number of rotatable bonds is 6. The molecule has 4 unspecified atom stereocenters. The van der Waals surface area contributed by atoms with Gasteiger partial charge in [-0.2, -0.15) is 0 Å². The minimum Gasteiger partial charge on any atom is -0.334 e. The van der Waals surface area contributed by atoms with Gasteiger partial charge in [0, 0.05) is 33.6 Å². The lowest BCUT2D eigenvalue weighted by atomic mass is 9.63. The average Bonchev–Trinajstić information content (AvgIpc) is 4.22. The molecule has 2 heteroatoms. The van der Waals surface area contributed by atoms with E-state index >= 15 is 0 Å². The van der Waals surface area contributed by atoms with Gasteiger partial charge in [-0.1, -0.05) is 223 Å². The SMILES string of the molecule is CC12CCCCCCC1(C)N(c1ccccc1)c1ccc(-c3ccc4c(c3)C(c3ccccc3)(c3ccccc3)c3c-4c4ccccc4c4cc(-c5ccc6c(c5)C5(C)CCCCCCC5(C)N6c5ccccc5)ccc34)cc12. The van der Waals surface area contributed by atoms with Gasteiger partial charge in [0.1, 0.15) is 0 Å². The first-order valence-corrected chi connectivity index (χ1v) is 29.9. The fourth-order valence-electron chi connectivity index (χ4n) is 17.1. The molecule has 4 atom stereocenters. The number of anilines is 4. The van der Waals surface area contributed by atoms with Gasteiger partial charge in [0.15, 0.2) is 0 Å². The summed E-state index contributed by atoms with van der Waals surface area (Å²) in [5, 5.41) is 5.23. The number of hydrogen-bond donors (Lipinski definition) is 0. The van der Waals surface area contributed by atoms with E-state index in [0.29, 0.717) is 0 Å². The van der Waals surface area contributed by atoms with E-state index in [2.05, 4.69) is 256 Å². The highest BCUT2D eigenvalue weighted by molar-refractivity contribution is 6.20. The highest BCUT2D eigenvalue weighted by Crippen LogP contribution is 2.64. The molecule has 2 nitrogen and oxygen atoms in total. The van der Waals surface area contributed by atoms with Crippen LogP contribution in [-0.2, 0) is 16.2 Å². The Kier molecular flexibility index (Phi) is 11.2. The Morgan fingerprint density at radius 1 is 0.316 bits per heavy atom. The van der Waals surface area contributed by atoms with Gasteiger partial charge in [0.2, 0.25) is 0 Å². The minimum absolute atomic E-state index is 0.00406. The van der Waals surface area contributed by atoms with Gasteiger partial charge >= 0.3 is 0 Å². The molecule has 10 aromatic carbocycles. The second-order valence-electron chi connectivity index (χ2n) is 25.1. The second-order valence-corrected chi connectivity index (χ2v) is 25.1. The molecular weight excluding hydrogens is 953 g/mol. The largest absolute Gasteiger partial charge is 0.334 e. The van der Waals surface area contributed by atoms with Crippen LogP contribution in [0.4, 0.5) is 22.7 Å². The van der Waals surface area contributed by atoms with E-state index in [1.54, 1.807) is 0 Å². The molecule has 2 fully saturated rings. The summed E-state index contributed by atoms with van der Waals surface area (Å²) in [4.78, 5) is 5.45. The molecule has 2 aliphatic heterocycles. The fraction of sp³-hybridized carbons (Fsp3) is 0.273. The first-order chi connectivity index (χ1) is 38.7. The smallest absolute Gasteiger partial charge is 0.0720 e. The van der Waals surface area contributed by atoms with Gasteiger partial charge in [-0.15, -0.1) is 0 Å². The molecule has 0 radical (unpaired) electrons. The van der Waals surface area contributed by atoms with Crippen LogP contribution >= 0.6 is 0 Å². The third kappa shape index (κ3) is 6.82. The van der Waals surface area contributed by atoms with E-state index in [-0.39, 0.29) is 21.9 Å². The van der Waals surface area contributed by atoms with Crippen molar-refractivity contribution in [3.63, 3.8) is 0 Å². The number of para-hydroxylation sites is 2. The standard InChI is InChI=1S/C77H72N2/c1-73-45-23-5-7-25-47-75(73,3)78(59-31-17-11-18-32-59)69-43-39-55(51-67(69)73)53-37-41-63-65(49-53)61-35-21-22-36-62(61)71-64-42-38-54(50-66(64)77(72(63)71,57-27-13-9-14-28-57)58-29-15-10-16-30-58)56-40-44-70-68(52-56)74(2)46-24-6-8-26-48-76(74,4)79(70)60-33-19-12-20-34-60/h9-22,27-44,49-52H,5-8,23-26,45-48H2,1-4H3. The molecule has 2 heterocycles. The van der Waals surface area contributed by atoms with E-state index in [4.69, 9.17) is 0 Å². The summed E-state index contributed by atoms with van der Waals surface area (Å²) in [7, 11) is 0. The van der Waals surface area contributed by atoms with E-state index in [1.165, 1.54) is 188 Å². The zero-order valence-electron chi connectivity index (χ0n) is 46.7. The monoisotopic (exact) mass is 1020 g/mol. The summed E-state index contributed by atoms with van der Waals surface area (Å²) < 4.78 is 0. The Bertz CT molecular complexity index is 3950. The predicted molar refractivity (Wildman–Crippen MR) is 334 cm³/mol. The highest BCUT2D eigenvalue weighted by atomic mass is 15.3. The Morgan fingerprint density at radius 2 is 0.722 bits per heavy atom. The third-order valence-corrected chi connectivity index (χ3v) is 21.4. The van der Waals surface area contributed by atoms with E-state index < -0.39 is 5.41 Å². The van der Waals surface area contributed by atoms with Crippen molar-refractivity contribution >= 4 is 44.3 Å². The summed E-state index contributed by atoms with van der Waals surface area (Å²) >= 11 is 0. The van der Waals surface area contributed by atoms with Crippen molar-refractivity contribution < 1.29 is 0 Å². The van der Waals surface area contributed by atoms with Crippen molar-refractivity contribution in [3.05, 3.63) is 252 Å². The lowest BCUT2D eigenvalue weighted by Gasteiger charge is -2.48. The normalized spacial score (nSPS) is 23.8. The third-order valence-electron chi connectivity index (χ3n) is 21.4. The molecule has 2 saturated carbocycles. The van der Waals surface area contributed by atoms with Crippen LogP contribution in [0.3, 0.4) is 0 Å². The summed E-state index contributed by atoms with van der Waals surface area (Å²) in [5.74, 6) is 0. The Morgan fingerprint density at radius 3 is 1.23 bits per heavy atom. The highest BCUT2D eigenvalue weighted by Gasteiger charge is 2.58. The topological polar surface area (TPSA) is 6.48 Å². The lowest BCUT2D eigenvalue weighted by molar-refractivity contribution is 0.218. The van der Waals surface area contributed by atoms with Gasteiger partial charge in [0.05, 0.1) is 16.5 Å². The molecule has 0 bridgehead atoms. The van der Waals surface area contributed by atoms with Crippen LogP contribution in [0.25, 0.3) is 54.9 Å². The average molecular weight is 1030 g/mol. The predicted octanol–water partition coefficient (Wildman–Crippen LogP) is 20.7. The minimum atomic E-state index is -0.607. The van der Waals surface area contributed by atoms with Gasteiger partial charge in [-0.05, 0) is 189 Å². The van der Waals surface area contributed by atoms with Gasteiger partial charge in [-0.3, -0.25) is 0 Å². The molecular formula is C77H72N2. The maximum atomic E-state index is 2.73. The fourth-order valence-corrected chi connectivity index (χ4v) is 17.1. The van der Waals surface area contributed by atoms with E-state index in [1.807, 2.05) is 0 Å². The Balaban J connectivity index is 0.940. The first-order valence-electron chi connectivity index (χ1n) is 29.9. The second kappa shape index (κ2) is 18.2. The molecule has 5 aliphatic rings. The molecule has 15 rings (SSSR count). The maximum Gasteiger partial charge on any atom is 0.0720 e. The molecule has 3 aliphatic carbocycles. The number of nitrogens with zero attached hydrogens (tertiary/aromatic N) is 2. The Labute approximate surface area is 468 Å². The molecule has 390 valence electrons. The van der Waals surface area contributed by atoms with Crippen molar-refractivity contribution in [2.45, 2.75) is 132 Å². The number of benzene rings is 10. The molecule has 79 heavy (non-hydrogen) atoms. The van der Waals surface area contributed by atoms with Gasteiger partial charge < -0.3 is 9.80 Å². The van der Waals surface area contributed by atoms with Crippen LogP contribution in [0, 0.1) is 0 Å². The van der Waals surface area contributed by atoms with Crippen molar-refractivity contribution in [2.24, 2.45) is 0 Å². The maximum absolute atomic E-state index is 2.73. The van der Waals surface area contributed by atoms with Gasteiger partial charge in [-0.25, -0.2) is 0 Å². The van der Waals surface area contributed by atoms with Crippen molar-refractivity contribution in [1.29, 1.82) is 0 Å². The van der Waals surface area contributed by atoms with Crippen molar-refractivity contribution in [1.82, 2.24) is 0 Å². The van der Waals surface area contributed by atoms with Crippen LogP contribution in [0.1, 0.15) is 138 Å². The molecule has 10 aromatic rings. The van der Waals surface area contributed by atoms with Crippen LogP contribution in [-0.4, -0.2) is 11.1 Å². The summed E-state index contributed by atoms with van der Waals surface area (Å²) in [5.41, 5.74) is 20.8. The number of fused-ring (bicyclic) bond motifs is 14. The molecule has 0 saturated heterocycles. The quantitative estimate of drug-likeness (QED) is 0.153. The number of hydrogen-bond acceptors (Lipinski definition) is 2. The lowest BCUT2D eigenvalue weighted by Crippen LogP contribution is -2.53. The van der Waals surface area contributed by atoms with Crippen LogP contribution in [0.5, 0.6) is 0 Å². The van der Waals surface area contributed by atoms with E-state index in [0.717, 1.165) is 0 Å². The zero-order chi connectivity index (χ0) is 53.1. The van der Waals surface area contributed by atoms with Crippen LogP contribution < -0.4 is 9.80 Å². The van der Waals surface area contributed by atoms with E-state index in [9.17, 15) is 0 Å². The van der Waals surface area contributed by atoms with Gasteiger partial charge in [0.25, 0.3) is 0 Å². The van der Waals surface area contributed by atoms with Crippen LogP contribution in [0.15, 0.2) is 218 Å².